The van der Waals surface area contributed by atoms with Gasteiger partial charge in [0.15, 0.2) is 0 Å². The highest BCUT2D eigenvalue weighted by molar-refractivity contribution is 7.99. The summed E-state index contributed by atoms with van der Waals surface area (Å²) in [6.45, 7) is 4.10. The molecule has 0 aliphatic carbocycles. The Morgan fingerprint density at radius 1 is 1.53 bits per heavy atom. The summed E-state index contributed by atoms with van der Waals surface area (Å²) in [6.07, 6.45) is 1.77. The topological polar surface area (TPSA) is 34.2 Å². The van der Waals surface area contributed by atoms with E-state index < -0.39 is 0 Å². The highest BCUT2D eigenvalue weighted by Gasteiger charge is 1.96. The van der Waals surface area contributed by atoms with E-state index >= 15 is 0 Å². The van der Waals surface area contributed by atoms with Gasteiger partial charge in [-0.3, -0.25) is 0 Å². The van der Waals surface area contributed by atoms with Crippen molar-refractivity contribution in [2.75, 3.05) is 25.2 Å². The lowest BCUT2D eigenvalue weighted by Crippen LogP contribution is -2.16. The predicted molar refractivity (Wildman–Crippen MR) is 65.5 cm³/mol. The smallest absolute Gasteiger partial charge is 0.213 e. The predicted octanol–water partition coefficient (Wildman–Crippen LogP) is 1.93. The van der Waals surface area contributed by atoms with Crippen LogP contribution in [0.3, 0.4) is 0 Å². The van der Waals surface area contributed by atoms with Gasteiger partial charge in [0, 0.05) is 31.1 Å². The van der Waals surface area contributed by atoms with E-state index in [1.807, 2.05) is 23.9 Å². The SMILES string of the molecule is CCSCCNCc1ccnc(OC)c1. The molecule has 0 spiro atoms. The Morgan fingerprint density at radius 3 is 3.13 bits per heavy atom. The molecule has 0 aliphatic rings. The molecule has 0 saturated heterocycles. The number of hydrogen-bond donors (Lipinski definition) is 1. The fraction of sp³-hybridized carbons (Fsp3) is 0.545. The minimum absolute atomic E-state index is 0.678. The molecule has 0 amide bonds. The summed E-state index contributed by atoms with van der Waals surface area (Å²) in [6, 6.07) is 3.96. The van der Waals surface area contributed by atoms with Crippen molar-refractivity contribution in [1.82, 2.24) is 10.3 Å². The van der Waals surface area contributed by atoms with Crippen LogP contribution >= 0.6 is 11.8 Å². The van der Waals surface area contributed by atoms with Crippen molar-refractivity contribution in [1.29, 1.82) is 0 Å². The summed E-state index contributed by atoms with van der Waals surface area (Å²) < 4.78 is 5.06. The average molecular weight is 226 g/mol. The molecular formula is C11H18N2OS. The van der Waals surface area contributed by atoms with Gasteiger partial charge in [0.1, 0.15) is 0 Å². The molecule has 0 atom stereocenters. The Labute approximate surface area is 95.6 Å². The maximum absolute atomic E-state index is 5.06. The molecule has 3 nitrogen and oxygen atoms in total. The van der Waals surface area contributed by atoms with E-state index in [-0.39, 0.29) is 0 Å². The number of aromatic nitrogens is 1. The number of rotatable bonds is 7. The fourth-order valence-electron chi connectivity index (χ4n) is 1.19. The van der Waals surface area contributed by atoms with Gasteiger partial charge in [-0.2, -0.15) is 11.8 Å². The standard InChI is InChI=1S/C11H18N2OS/c1-3-15-7-6-12-9-10-4-5-13-11(8-10)14-2/h4-5,8,12H,3,6-7,9H2,1-2H3. The van der Waals surface area contributed by atoms with E-state index in [2.05, 4.69) is 17.2 Å². The zero-order chi connectivity index (χ0) is 10.9. The van der Waals surface area contributed by atoms with Crippen LogP contribution in [0.4, 0.5) is 0 Å². The number of nitrogens with one attached hydrogen (secondary N) is 1. The van der Waals surface area contributed by atoms with Crippen LogP contribution in [0.15, 0.2) is 18.3 Å². The van der Waals surface area contributed by atoms with Crippen molar-refractivity contribution in [3.05, 3.63) is 23.9 Å². The highest BCUT2D eigenvalue weighted by atomic mass is 32.2. The van der Waals surface area contributed by atoms with Gasteiger partial charge in [0.25, 0.3) is 0 Å². The minimum Gasteiger partial charge on any atom is -0.481 e. The second-order valence-corrected chi connectivity index (χ2v) is 4.47. The number of nitrogens with zero attached hydrogens (tertiary/aromatic N) is 1. The fourth-order valence-corrected chi connectivity index (χ4v) is 1.77. The number of thioether (sulfide) groups is 1. The Morgan fingerprint density at radius 2 is 2.40 bits per heavy atom. The van der Waals surface area contributed by atoms with Gasteiger partial charge in [0.2, 0.25) is 5.88 Å². The van der Waals surface area contributed by atoms with Crippen molar-refractivity contribution in [3.8, 4) is 5.88 Å². The van der Waals surface area contributed by atoms with Crippen LogP contribution in [0, 0.1) is 0 Å². The van der Waals surface area contributed by atoms with E-state index in [1.165, 1.54) is 17.1 Å². The molecular weight excluding hydrogens is 208 g/mol. The maximum Gasteiger partial charge on any atom is 0.213 e. The van der Waals surface area contributed by atoms with Crippen molar-refractivity contribution in [2.45, 2.75) is 13.5 Å². The first-order valence-corrected chi connectivity index (χ1v) is 6.29. The first-order chi connectivity index (χ1) is 7.36. The molecule has 0 aliphatic heterocycles. The summed E-state index contributed by atoms with van der Waals surface area (Å²) in [5, 5.41) is 3.38. The molecule has 0 unspecified atom stereocenters. The Balaban J connectivity index is 2.24. The summed E-state index contributed by atoms with van der Waals surface area (Å²) in [5.41, 5.74) is 1.21. The van der Waals surface area contributed by atoms with Crippen LogP contribution in [0.5, 0.6) is 5.88 Å². The van der Waals surface area contributed by atoms with E-state index in [4.69, 9.17) is 4.74 Å². The van der Waals surface area contributed by atoms with Crippen molar-refractivity contribution >= 4 is 11.8 Å². The quantitative estimate of drug-likeness (QED) is 0.720. The van der Waals surface area contributed by atoms with Crippen LogP contribution < -0.4 is 10.1 Å². The summed E-state index contributed by atoms with van der Waals surface area (Å²) in [7, 11) is 1.64. The van der Waals surface area contributed by atoms with Crippen LogP contribution in [-0.2, 0) is 6.54 Å². The molecule has 1 rings (SSSR count). The second kappa shape index (κ2) is 7.54. The van der Waals surface area contributed by atoms with Crippen LogP contribution in [-0.4, -0.2) is 30.1 Å². The first-order valence-electron chi connectivity index (χ1n) is 5.14. The zero-order valence-corrected chi connectivity index (χ0v) is 10.1. The third-order valence-corrected chi connectivity index (χ3v) is 2.87. The van der Waals surface area contributed by atoms with Crippen molar-refractivity contribution < 1.29 is 4.74 Å². The zero-order valence-electron chi connectivity index (χ0n) is 9.32. The number of methoxy groups -OCH3 is 1. The Hall–Kier alpha value is -0.740. The summed E-state index contributed by atoms with van der Waals surface area (Å²) >= 11 is 1.95. The largest absolute Gasteiger partial charge is 0.481 e. The first kappa shape index (κ1) is 12.3. The van der Waals surface area contributed by atoms with E-state index in [0.717, 1.165) is 13.1 Å². The monoisotopic (exact) mass is 226 g/mol. The molecule has 1 N–H and O–H groups in total. The van der Waals surface area contributed by atoms with Crippen molar-refractivity contribution in [3.63, 3.8) is 0 Å². The lowest BCUT2D eigenvalue weighted by atomic mass is 10.2. The molecule has 1 aromatic heterocycles. The maximum atomic E-state index is 5.06. The second-order valence-electron chi connectivity index (χ2n) is 3.08. The lowest BCUT2D eigenvalue weighted by molar-refractivity contribution is 0.397. The molecule has 0 bridgehead atoms. The van der Waals surface area contributed by atoms with E-state index in [9.17, 15) is 0 Å². The summed E-state index contributed by atoms with van der Waals surface area (Å²) in [5.74, 6) is 3.03. The van der Waals surface area contributed by atoms with Gasteiger partial charge in [0.05, 0.1) is 7.11 Å². The lowest BCUT2D eigenvalue weighted by Gasteiger charge is -2.05. The van der Waals surface area contributed by atoms with Gasteiger partial charge in [-0.15, -0.1) is 0 Å². The van der Waals surface area contributed by atoms with E-state index in [1.54, 1.807) is 13.3 Å². The molecule has 84 valence electrons. The Bertz CT molecular complexity index is 281. The third-order valence-electron chi connectivity index (χ3n) is 1.96. The highest BCUT2D eigenvalue weighted by Crippen LogP contribution is 2.07. The van der Waals surface area contributed by atoms with Crippen LogP contribution in [0.1, 0.15) is 12.5 Å². The van der Waals surface area contributed by atoms with Crippen LogP contribution in [0.25, 0.3) is 0 Å². The molecule has 1 heterocycles. The number of hydrogen-bond acceptors (Lipinski definition) is 4. The third kappa shape index (κ3) is 5.04. The number of ether oxygens (including phenoxy) is 1. The summed E-state index contributed by atoms with van der Waals surface area (Å²) in [4.78, 5) is 4.06. The molecule has 0 fully saturated rings. The molecule has 1 aromatic rings. The van der Waals surface area contributed by atoms with Gasteiger partial charge >= 0.3 is 0 Å². The van der Waals surface area contributed by atoms with Crippen molar-refractivity contribution in [2.24, 2.45) is 0 Å². The van der Waals surface area contributed by atoms with Gasteiger partial charge in [-0.25, -0.2) is 4.98 Å². The average Bonchev–Trinajstić information content (AvgIpc) is 2.29. The minimum atomic E-state index is 0.678. The molecule has 0 saturated carbocycles. The van der Waals surface area contributed by atoms with Gasteiger partial charge in [-0.1, -0.05) is 6.92 Å². The normalized spacial score (nSPS) is 10.3. The molecule has 0 aromatic carbocycles. The molecule has 0 radical (unpaired) electrons. The number of pyridine rings is 1. The molecule has 15 heavy (non-hydrogen) atoms. The van der Waals surface area contributed by atoms with Crippen LogP contribution in [0.2, 0.25) is 0 Å². The molecule has 4 heteroatoms. The van der Waals surface area contributed by atoms with Gasteiger partial charge < -0.3 is 10.1 Å². The van der Waals surface area contributed by atoms with E-state index in [0.29, 0.717) is 5.88 Å². The van der Waals surface area contributed by atoms with Gasteiger partial charge in [-0.05, 0) is 17.4 Å². The Kier molecular flexibility index (Phi) is 6.20.